The van der Waals surface area contributed by atoms with Crippen LogP contribution in [0.3, 0.4) is 0 Å². The first kappa shape index (κ1) is 95.1. The van der Waals surface area contributed by atoms with E-state index in [1.54, 1.807) is 0 Å². The summed E-state index contributed by atoms with van der Waals surface area (Å²) in [6, 6.07) is 26.8. The van der Waals surface area contributed by atoms with E-state index < -0.39 is 345 Å². The molecule has 0 unspecified atom stereocenters. The number of benzene rings is 16. The number of hydrogen-bond donors (Lipinski definition) is 33. The summed E-state index contributed by atoms with van der Waals surface area (Å²) in [6.07, 6.45) is 0. The number of aromatic hydroxyl groups is 33. The fourth-order valence-corrected chi connectivity index (χ4v) is 13.4. The van der Waals surface area contributed by atoms with Gasteiger partial charge < -0.3 is 240 Å². The van der Waals surface area contributed by atoms with Crippen molar-refractivity contribution in [2.24, 2.45) is 0 Å². The molecule has 48 nitrogen and oxygen atoms in total. The van der Waals surface area contributed by atoms with E-state index in [1.807, 2.05) is 0 Å². The first-order chi connectivity index (χ1) is 68.2. The fraction of sp³-hybridized carbons (Fsp3) is 0. The largest absolute Gasteiger partial charge is 0.508 e. The molecule has 33 N–H and O–H groups in total. The van der Waals surface area contributed by atoms with Crippen LogP contribution in [0, 0.1) is 0 Å². The predicted octanol–water partition coefficient (Wildman–Crippen LogP) is 18.9. The minimum Gasteiger partial charge on any atom is -0.508 e. The van der Waals surface area contributed by atoms with E-state index in [0.717, 1.165) is 164 Å². The molecule has 0 saturated heterocycles. The zero-order chi connectivity index (χ0) is 103. The van der Waals surface area contributed by atoms with Gasteiger partial charge in [-0.25, -0.2) is 0 Å². The van der Waals surface area contributed by atoms with E-state index in [2.05, 4.69) is 0 Å². The van der Waals surface area contributed by atoms with Gasteiger partial charge in [0.1, 0.15) is 103 Å². The SMILES string of the molecule is Oc1cc(O)cc(Oc2cc(O)c(Oc3c(O)cc(O)cc3Oc3cc(O)c(Oc4cc(O)cc(O)c4Oc4cc(O)cc(O)c4Oc4cc(O)cc(O)c4Oc4cc(O)c(Oc5c(O)cc(O)cc5Oc5c(O)cc(Oc6c(O)cc(Oc7c(O)cc(Oc8c(O)cc(Oc9c(O)cc(Oc%10c(O)cc(Oc%11c(O)cc(O)cc%11O)cc%10O)cc9O)cc8O)cc7O)cc6O)cc5O)c(O)c4)c(O)c3)c(O)c2)c1. The number of phenols is 33. The van der Waals surface area contributed by atoms with E-state index in [0.29, 0.717) is 36.4 Å². The molecular weight excluding hydrogens is 1920 g/mol. The summed E-state index contributed by atoms with van der Waals surface area (Å²) in [6.45, 7) is 0. The van der Waals surface area contributed by atoms with Crippen LogP contribution < -0.4 is 71.1 Å². The topological polar surface area (TPSA) is 806 Å². The van der Waals surface area contributed by atoms with E-state index in [9.17, 15) is 169 Å². The van der Waals surface area contributed by atoms with Crippen LogP contribution in [-0.4, -0.2) is 169 Å². The van der Waals surface area contributed by atoms with Crippen LogP contribution >= 0.6 is 0 Å². The van der Waals surface area contributed by atoms with E-state index in [-0.39, 0.29) is 17.2 Å². The van der Waals surface area contributed by atoms with E-state index in [4.69, 9.17) is 71.1 Å². The van der Waals surface area contributed by atoms with Crippen molar-refractivity contribution in [2.75, 3.05) is 0 Å². The van der Waals surface area contributed by atoms with Gasteiger partial charge in [-0.2, -0.15) is 0 Å². The molecule has 0 radical (unpaired) electrons. The van der Waals surface area contributed by atoms with Crippen molar-refractivity contribution in [1.82, 2.24) is 0 Å². The number of phenolic OH excluding ortho intramolecular Hbond substituents is 33. The van der Waals surface area contributed by atoms with Crippen LogP contribution in [0.2, 0.25) is 0 Å². The highest BCUT2D eigenvalue weighted by Crippen LogP contribution is 2.62. The summed E-state index contributed by atoms with van der Waals surface area (Å²) in [5, 5.41) is 358. The Bertz CT molecular complexity index is 7620. The van der Waals surface area contributed by atoms with Crippen molar-refractivity contribution in [3.63, 3.8) is 0 Å². The quantitative estimate of drug-likeness (QED) is 0.0199. The van der Waals surface area contributed by atoms with Crippen LogP contribution in [0.25, 0.3) is 0 Å². The van der Waals surface area contributed by atoms with Crippen LogP contribution in [0.4, 0.5) is 0 Å². The second-order valence-corrected chi connectivity index (χ2v) is 30.1. The van der Waals surface area contributed by atoms with Crippen molar-refractivity contribution >= 4 is 0 Å². The van der Waals surface area contributed by atoms with Crippen molar-refractivity contribution in [1.29, 1.82) is 0 Å². The van der Waals surface area contributed by atoms with Gasteiger partial charge in [-0.1, -0.05) is 0 Å². The van der Waals surface area contributed by atoms with Gasteiger partial charge in [0, 0.05) is 200 Å². The van der Waals surface area contributed by atoms with Gasteiger partial charge in [0.2, 0.25) is 86.2 Å². The zero-order valence-corrected chi connectivity index (χ0v) is 71.4. The first-order valence-corrected chi connectivity index (χ1v) is 40.1. The van der Waals surface area contributed by atoms with Gasteiger partial charge in [0.15, 0.2) is 172 Å². The summed E-state index contributed by atoms with van der Waals surface area (Å²) in [5.41, 5.74) is 0. The van der Waals surface area contributed by atoms with Gasteiger partial charge in [0.05, 0.1) is 0 Å². The van der Waals surface area contributed by atoms with Crippen molar-refractivity contribution < 1.29 is 240 Å². The Kier molecular flexibility index (Phi) is 24.9. The summed E-state index contributed by atoms with van der Waals surface area (Å²) < 4.78 is 84.7. The maximum absolute atomic E-state index is 11.5. The molecule has 0 bridgehead atoms. The van der Waals surface area contributed by atoms with Crippen LogP contribution in [0.5, 0.6) is 362 Å². The number of ether oxygens (including phenoxy) is 15. The average Bonchev–Trinajstić information content (AvgIpc) is 0.775. The maximum Gasteiger partial charge on any atom is 0.212 e. The molecule has 0 atom stereocenters. The Labute approximate surface area is 798 Å². The predicted molar refractivity (Wildman–Crippen MR) is 479 cm³/mol. The second-order valence-electron chi connectivity index (χ2n) is 30.1. The van der Waals surface area contributed by atoms with Crippen molar-refractivity contribution in [2.45, 2.75) is 0 Å². The molecule has 0 saturated carbocycles. The molecule has 16 aromatic carbocycles. The molecule has 16 rings (SSSR count). The minimum absolute atomic E-state index is 0.130. The zero-order valence-electron chi connectivity index (χ0n) is 71.4. The van der Waals surface area contributed by atoms with Gasteiger partial charge in [0.25, 0.3) is 0 Å². The lowest BCUT2D eigenvalue weighted by Crippen LogP contribution is -1.97. The molecule has 0 aliphatic carbocycles. The highest BCUT2D eigenvalue weighted by atomic mass is 16.6. The molecule has 0 fully saturated rings. The Hall–Kier alpha value is -22.1. The number of hydrogen-bond acceptors (Lipinski definition) is 48. The molecule has 0 aliphatic heterocycles. The van der Waals surface area contributed by atoms with E-state index in [1.165, 1.54) is 0 Å². The lowest BCUT2D eigenvalue weighted by Gasteiger charge is -2.20. The first-order valence-electron chi connectivity index (χ1n) is 40.1. The number of rotatable bonds is 30. The average molecular weight is 1990 g/mol. The molecule has 16 aromatic rings. The molecule has 0 amide bonds. The molecule has 0 heterocycles. The summed E-state index contributed by atoms with van der Waals surface area (Å²) in [7, 11) is 0. The molecule has 0 aliphatic rings. The second kappa shape index (κ2) is 37.6. The summed E-state index contributed by atoms with van der Waals surface area (Å²) in [4.78, 5) is 0. The highest BCUT2D eigenvalue weighted by Gasteiger charge is 2.33. The molecule has 48 heteroatoms. The monoisotopic (exact) mass is 1990 g/mol. The molecule has 0 aromatic heterocycles. The Morgan fingerprint density at radius 3 is 0.403 bits per heavy atom. The Morgan fingerprint density at radius 1 is 0.0833 bits per heavy atom. The third-order valence-electron chi connectivity index (χ3n) is 19.5. The van der Waals surface area contributed by atoms with Gasteiger partial charge in [-0.3, -0.25) is 0 Å². The van der Waals surface area contributed by atoms with Crippen LogP contribution in [0.1, 0.15) is 0 Å². The maximum atomic E-state index is 11.5. The third kappa shape index (κ3) is 20.2. The fourth-order valence-electron chi connectivity index (χ4n) is 13.4. The highest BCUT2D eigenvalue weighted by molar-refractivity contribution is 5.73. The Balaban J connectivity index is 0.564. The normalized spacial score (nSPS) is 11.0. The van der Waals surface area contributed by atoms with Gasteiger partial charge in [-0.15, -0.1) is 0 Å². The lowest BCUT2D eigenvalue weighted by molar-refractivity contribution is 0.323. The van der Waals surface area contributed by atoms with Gasteiger partial charge >= 0.3 is 0 Å². The Morgan fingerprint density at radius 2 is 0.194 bits per heavy atom. The molecule has 144 heavy (non-hydrogen) atoms. The summed E-state index contributed by atoms with van der Waals surface area (Å²) in [5.74, 6) is -48.0. The van der Waals surface area contributed by atoms with Crippen molar-refractivity contribution in [3.8, 4) is 362 Å². The molecular formula is C96H66O48. The standard InChI is InChI=1S/C96H66O48/c97-34-1-35(98)3-42(2-34)130-43-16-73(126)90(74(127)17-43)143-95-57(110)9-37(100)11-77(95)131-44-18-69(122)88(70(123)19-44)139-79-13-39(102)7-55(108)93(79)142-80-14-40(103)8-56(109)94(80)141-78-12-38(101)6-54(107)92(78)138-51-32-75(128)91(76(129)33-51)144-96-58(111)10-41(104)15-81(96)140-89-71(124)30-50(31-72(89)125)137-87-67(120)28-49(29-68(87)121)136-86-65(118)26-48(27-66(86)119)135-85-63(116)24-47(25-64(85)117)134-84-61(114)22-46(23-62(84)115)133-83-59(112)20-45(21-60(83)113)132-82-52(105)4-36(99)5-53(82)106/h1-33,97-129H. The smallest absolute Gasteiger partial charge is 0.212 e. The molecule has 0 spiro atoms. The van der Waals surface area contributed by atoms with Gasteiger partial charge in [-0.05, 0) is 0 Å². The van der Waals surface area contributed by atoms with Crippen LogP contribution in [0.15, 0.2) is 200 Å². The minimum atomic E-state index is -1.08. The lowest BCUT2D eigenvalue weighted by atomic mass is 10.2. The van der Waals surface area contributed by atoms with Crippen LogP contribution in [-0.2, 0) is 0 Å². The van der Waals surface area contributed by atoms with E-state index >= 15 is 0 Å². The summed E-state index contributed by atoms with van der Waals surface area (Å²) >= 11 is 0. The third-order valence-corrected chi connectivity index (χ3v) is 19.5. The van der Waals surface area contributed by atoms with Crippen molar-refractivity contribution in [3.05, 3.63) is 200 Å². The molecule has 738 valence electrons.